The van der Waals surface area contributed by atoms with Gasteiger partial charge in [0.25, 0.3) is 0 Å². The summed E-state index contributed by atoms with van der Waals surface area (Å²) in [6.45, 7) is 0. The second kappa shape index (κ2) is 5.31. The van der Waals surface area contributed by atoms with Crippen molar-refractivity contribution in [2.45, 2.75) is 12.5 Å². The average molecular weight is 251 g/mol. The lowest BCUT2D eigenvalue weighted by atomic mass is 10.0. The lowest BCUT2D eigenvalue weighted by Crippen LogP contribution is -2.31. The fourth-order valence-electron chi connectivity index (χ4n) is 1.84. The zero-order valence-electron chi connectivity index (χ0n) is 9.60. The van der Waals surface area contributed by atoms with Gasteiger partial charge in [-0.25, -0.2) is 4.98 Å². The smallest absolute Gasteiger partial charge is 0.0946 e. The van der Waals surface area contributed by atoms with Crippen LogP contribution in [-0.4, -0.2) is 9.55 Å². The highest BCUT2D eigenvalue weighted by atomic mass is 35.5. The minimum atomic E-state index is 0.00222. The number of nitrogens with one attached hydrogen (secondary N) is 1. The van der Waals surface area contributed by atoms with Crippen molar-refractivity contribution >= 4 is 11.6 Å². The zero-order valence-corrected chi connectivity index (χ0v) is 10.4. The van der Waals surface area contributed by atoms with Crippen LogP contribution in [0.4, 0.5) is 0 Å². The molecule has 0 aliphatic rings. The second-order valence-corrected chi connectivity index (χ2v) is 4.35. The van der Waals surface area contributed by atoms with Crippen molar-refractivity contribution in [2.24, 2.45) is 12.9 Å². The quantitative estimate of drug-likeness (QED) is 0.643. The molecule has 0 aliphatic carbocycles. The number of aromatic nitrogens is 2. The maximum atomic E-state index is 6.14. The number of hydrogen-bond donors (Lipinski definition) is 2. The first-order valence-electron chi connectivity index (χ1n) is 5.38. The van der Waals surface area contributed by atoms with E-state index in [4.69, 9.17) is 17.4 Å². The molecule has 2 rings (SSSR count). The number of rotatable bonds is 4. The Morgan fingerprint density at radius 2 is 2.24 bits per heavy atom. The topological polar surface area (TPSA) is 55.9 Å². The van der Waals surface area contributed by atoms with Gasteiger partial charge < -0.3 is 4.57 Å². The lowest BCUT2D eigenvalue weighted by molar-refractivity contribution is 0.522. The summed E-state index contributed by atoms with van der Waals surface area (Å²) in [5, 5.41) is 0.759. The maximum absolute atomic E-state index is 6.14. The fraction of sp³-hybridized carbons (Fsp3) is 0.250. The highest BCUT2D eigenvalue weighted by molar-refractivity contribution is 6.31. The van der Waals surface area contributed by atoms with Crippen LogP contribution in [0.5, 0.6) is 0 Å². The molecule has 0 amide bonds. The Morgan fingerprint density at radius 3 is 2.82 bits per heavy atom. The van der Waals surface area contributed by atoms with Gasteiger partial charge in [-0.2, -0.15) is 0 Å². The third-order valence-corrected chi connectivity index (χ3v) is 3.16. The van der Waals surface area contributed by atoms with Gasteiger partial charge in [0, 0.05) is 18.3 Å². The largest absolute Gasteiger partial charge is 0.336 e. The number of aryl methyl sites for hydroxylation is 1. The molecule has 1 aromatic heterocycles. The molecular weight excluding hydrogens is 236 g/mol. The van der Waals surface area contributed by atoms with Crippen molar-refractivity contribution in [2.75, 3.05) is 0 Å². The maximum Gasteiger partial charge on any atom is 0.0946 e. The first kappa shape index (κ1) is 12.1. The van der Waals surface area contributed by atoms with E-state index in [0.717, 1.165) is 22.7 Å². The van der Waals surface area contributed by atoms with Crippen LogP contribution >= 0.6 is 11.6 Å². The van der Waals surface area contributed by atoms with E-state index in [1.165, 1.54) is 0 Å². The molecule has 1 atom stereocenters. The number of nitrogens with two attached hydrogens (primary N) is 1. The van der Waals surface area contributed by atoms with Gasteiger partial charge in [-0.15, -0.1) is 0 Å². The number of halogens is 1. The van der Waals surface area contributed by atoms with Crippen molar-refractivity contribution < 1.29 is 0 Å². The van der Waals surface area contributed by atoms with Gasteiger partial charge in [0.2, 0.25) is 0 Å². The molecule has 0 saturated carbocycles. The summed E-state index contributed by atoms with van der Waals surface area (Å²) in [6, 6.07) is 7.78. The molecule has 0 fully saturated rings. The molecular formula is C12H15ClN4. The van der Waals surface area contributed by atoms with Crippen molar-refractivity contribution in [3.8, 4) is 0 Å². The van der Waals surface area contributed by atoms with Crippen LogP contribution in [-0.2, 0) is 13.5 Å². The predicted molar refractivity (Wildman–Crippen MR) is 68.4 cm³/mol. The molecule has 4 nitrogen and oxygen atoms in total. The van der Waals surface area contributed by atoms with Crippen LogP contribution in [0.2, 0.25) is 5.02 Å². The minimum Gasteiger partial charge on any atom is -0.336 e. The van der Waals surface area contributed by atoms with Gasteiger partial charge in [-0.3, -0.25) is 11.3 Å². The van der Waals surface area contributed by atoms with Crippen molar-refractivity contribution in [3.63, 3.8) is 0 Å². The Morgan fingerprint density at radius 1 is 1.47 bits per heavy atom. The molecule has 1 unspecified atom stereocenters. The number of imidazole rings is 1. The van der Waals surface area contributed by atoms with E-state index in [1.807, 2.05) is 35.9 Å². The molecule has 90 valence electrons. The van der Waals surface area contributed by atoms with Crippen molar-refractivity contribution in [3.05, 3.63) is 53.1 Å². The first-order valence-corrected chi connectivity index (χ1v) is 5.76. The van der Waals surface area contributed by atoms with Crippen LogP contribution in [0.3, 0.4) is 0 Å². The second-order valence-electron chi connectivity index (χ2n) is 3.94. The lowest BCUT2D eigenvalue weighted by Gasteiger charge is -2.17. The monoisotopic (exact) mass is 250 g/mol. The highest BCUT2D eigenvalue weighted by Crippen LogP contribution is 2.22. The molecule has 0 aliphatic heterocycles. The first-order chi connectivity index (χ1) is 8.22. The van der Waals surface area contributed by atoms with E-state index in [9.17, 15) is 0 Å². The summed E-state index contributed by atoms with van der Waals surface area (Å²) < 4.78 is 1.95. The number of hydrazine groups is 1. The molecule has 0 saturated heterocycles. The van der Waals surface area contributed by atoms with E-state index < -0.39 is 0 Å². The van der Waals surface area contributed by atoms with E-state index in [1.54, 1.807) is 12.5 Å². The third kappa shape index (κ3) is 2.66. The minimum absolute atomic E-state index is 0.00222. The molecule has 1 heterocycles. The SMILES string of the molecule is Cn1cncc1C(Cc1ccccc1Cl)NN. The van der Waals surface area contributed by atoms with Crippen LogP contribution in [0.25, 0.3) is 0 Å². The Hall–Kier alpha value is -1.36. The Balaban J connectivity index is 2.22. The van der Waals surface area contributed by atoms with Gasteiger partial charge in [-0.1, -0.05) is 29.8 Å². The van der Waals surface area contributed by atoms with E-state index >= 15 is 0 Å². The van der Waals surface area contributed by atoms with E-state index in [0.29, 0.717) is 0 Å². The zero-order chi connectivity index (χ0) is 12.3. The standard InChI is InChI=1S/C12H15ClN4/c1-17-8-15-7-12(17)11(16-14)6-9-4-2-3-5-10(9)13/h2-5,7-8,11,16H,6,14H2,1H3. The summed E-state index contributed by atoms with van der Waals surface area (Å²) in [4.78, 5) is 4.09. The summed E-state index contributed by atoms with van der Waals surface area (Å²) in [7, 11) is 1.94. The molecule has 0 radical (unpaired) electrons. The number of nitrogens with zero attached hydrogens (tertiary/aromatic N) is 2. The third-order valence-electron chi connectivity index (χ3n) is 2.79. The van der Waals surface area contributed by atoms with Gasteiger partial charge in [0.05, 0.1) is 18.1 Å². The Labute approximate surface area is 105 Å². The molecule has 1 aromatic carbocycles. The van der Waals surface area contributed by atoms with Gasteiger partial charge >= 0.3 is 0 Å². The molecule has 3 N–H and O–H groups in total. The van der Waals surface area contributed by atoms with Gasteiger partial charge in [0.15, 0.2) is 0 Å². The molecule has 0 spiro atoms. The van der Waals surface area contributed by atoms with Gasteiger partial charge in [0.1, 0.15) is 0 Å². The van der Waals surface area contributed by atoms with Crippen LogP contribution in [0.15, 0.2) is 36.8 Å². The Kier molecular flexibility index (Phi) is 3.78. The van der Waals surface area contributed by atoms with Crippen LogP contribution < -0.4 is 11.3 Å². The number of hydrogen-bond acceptors (Lipinski definition) is 3. The van der Waals surface area contributed by atoms with Crippen molar-refractivity contribution in [1.29, 1.82) is 0 Å². The molecule has 2 aromatic rings. The molecule has 17 heavy (non-hydrogen) atoms. The summed E-state index contributed by atoms with van der Waals surface area (Å²) in [5.74, 6) is 5.60. The van der Waals surface area contributed by atoms with Gasteiger partial charge in [-0.05, 0) is 18.1 Å². The van der Waals surface area contributed by atoms with Crippen LogP contribution in [0.1, 0.15) is 17.3 Å². The fourth-order valence-corrected chi connectivity index (χ4v) is 2.05. The molecule has 5 heteroatoms. The predicted octanol–water partition coefficient (Wildman–Crippen LogP) is 1.82. The van der Waals surface area contributed by atoms with Crippen molar-refractivity contribution in [1.82, 2.24) is 15.0 Å². The van der Waals surface area contributed by atoms with E-state index in [2.05, 4.69) is 10.4 Å². The summed E-state index contributed by atoms with van der Waals surface area (Å²) >= 11 is 6.14. The summed E-state index contributed by atoms with van der Waals surface area (Å²) in [6.07, 6.45) is 4.29. The number of benzene rings is 1. The normalized spacial score (nSPS) is 12.6. The Bertz CT molecular complexity index is 495. The van der Waals surface area contributed by atoms with Crippen LogP contribution in [0, 0.1) is 0 Å². The average Bonchev–Trinajstić information content (AvgIpc) is 2.75. The molecule has 0 bridgehead atoms. The van der Waals surface area contributed by atoms with E-state index in [-0.39, 0.29) is 6.04 Å². The summed E-state index contributed by atoms with van der Waals surface area (Å²) in [5.41, 5.74) is 4.90. The highest BCUT2D eigenvalue weighted by Gasteiger charge is 2.15.